The fourth-order valence-corrected chi connectivity index (χ4v) is 6.54. The molecule has 8 nitrogen and oxygen atoms in total. The molecule has 2 aromatic heterocycles. The second kappa shape index (κ2) is 9.74. The van der Waals surface area contributed by atoms with Crippen molar-refractivity contribution in [1.29, 1.82) is 0 Å². The lowest BCUT2D eigenvalue weighted by Crippen LogP contribution is -2.52. The normalized spacial score (nSPS) is 24.9. The molecule has 3 saturated heterocycles. The molecule has 3 aliphatic heterocycles. The molecule has 3 fully saturated rings. The second-order valence-corrected chi connectivity index (χ2v) is 11.0. The first kappa shape index (κ1) is 25.3. The van der Waals surface area contributed by atoms with Crippen LogP contribution in [0.25, 0.3) is 32.9 Å². The van der Waals surface area contributed by atoms with Gasteiger partial charge in [-0.2, -0.15) is 9.97 Å². The monoisotopic (exact) mass is 550 g/mol. The molecule has 4 atom stereocenters. The number of hydrogen-bond acceptors (Lipinski definition) is 8. The van der Waals surface area contributed by atoms with Crippen LogP contribution < -0.4 is 15.0 Å². The molecule has 2 N–H and O–H groups in total. The van der Waals surface area contributed by atoms with E-state index in [2.05, 4.69) is 25.2 Å². The van der Waals surface area contributed by atoms with Crippen molar-refractivity contribution in [1.82, 2.24) is 25.2 Å². The van der Waals surface area contributed by atoms with E-state index in [0.29, 0.717) is 29.7 Å². The van der Waals surface area contributed by atoms with Gasteiger partial charge in [0.15, 0.2) is 5.82 Å². The largest absolute Gasteiger partial charge is 0.508 e. The Hall–Kier alpha value is -3.70. The molecule has 0 spiro atoms. The van der Waals surface area contributed by atoms with Gasteiger partial charge < -0.3 is 20.1 Å². The summed E-state index contributed by atoms with van der Waals surface area (Å²) in [5.74, 6) is -1.39. The third-order valence-corrected chi connectivity index (χ3v) is 8.47. The molecule has 11 heteroatoms. The number of alkyl halides is 1. The fraction of sp³-hybridized carbons (Fsp3) is 0.414. The molecule has 3 aliphatic rings. The number of likely N-dealkylation sites (N-methyl/N-ethyl adjacent to an activating group) is 1. The SMILES string of the molecule is CN1C[C@H](F)C[C@H]1COc1nc(N2C3CCC2CNC3)c2cc(F)c(-c3cc(O)cc4cccnc34)c(F)c2n1. The summed E-state index contributed by atoms with van der Waals surface area (Å²) >= 11 is 0. The number of piperazine rings is 1. The van der Waals surface area contributed by atoms with Crippen molar-refractivity contribution in [2.75, 3.05) is 38.2 Å². The fourth-order valence-electron chi connectivity index (χ4n) is 6.54. The van der Waals surface area contributed by atoms with Crippen molar-refractivity contribution >= 4 is 27.6 Å². The van der Waals surface area contributed by atoms with E-state index in [1.54, 1.807) is 12.1 Å². The number of aromatic nitrogens is 3. The first-order valence-corrected chi connectivity index (χ1v) is 13.6. The average Bonchev–Trinajstić information content (AvgIpc) is 3.38. The highest BCUT2D eigenvalue weighted by atomic mass is 19.1. The zero-order chi connectivity index (χ0) is 27.5. The molecule has 208 valence electrons. The van der Waals surface area contributed by atoms with E-state index in [1.807, 2.05) is 11.9 Å². The van der Waals surface area contributed by atoms with Crippen molar-refractivity contribution in [3.8, 4) is 22.9 Å². The van der Waals surface area contributed by atoms with E-state index in [9.17, 15) is 9.50 Å². The van der Waals surface area contributed by atoms with Gasteiger partial charge in [-0.05, 0) is 50.6 Å². The van der Waals surface area contributed by atoms with Gasteiger partial charge in [-0.1, -0.05) is 6.07 Å². The predicted octanol–water partition coefficient (Wildman–Crippen LogP) is 4.19. The van der Waals surface area contributed by atoms with Gasteiger partial charge in [-0.15, -0.1) is 0 Å². The van der Waals surface area contributed by atoms with E-state index in [1.165, 1.54) is 24.4 Å². The van der Waals surface area contributed by atoms with Crippen LogP contribution in [0.5, 0.6) is 11.8 Å². The van der Waals surface area contributed by atoms with Crippen LogP contribution >= 0.6 is 0 Å². The van der Waals surface area contributed by atoms with Gasteiger partial charge in [0.1, 0.15) is 35.7 Å². The molecule has 4 aromatic rings. The summed E-state index contributed by atoms with van der Waals surface area (Å²) in [5.41, 5.74) is 0.0685. The quantitative estimate of drug-likeness (QED) is 0.383. The van der Waals surface area contributed by atoms with E-state index >= 15 is 8.78 Å². The number of aromatic hydroxyl groups is 1. The number of phenols is 1. The van der Waals surface area contributed by atoms with Crippen LogP contribution in [-0.4, -0.2) is 82.5 Å². The van der Waals surface area contributed by atoms with Gasteiger partial charge in [0.25, 0.3) is 0 Å². The molecule has 0 amide bonds. The number of nitrogens with zero attached hydrogens (tertiary/aromatic N) is 5. The second-order valence-electron chi connectivity index (χ2n) is 11.0. The summed E-state index contributed by atoms with van der Waals surface area (Å²) in [6.07, 6.45) is 2.81. The van der Waals surface area contributed by atoms with Crippen LogP contribution in [0.2, 0.25) is 0 Å². The maximum atomic E-state index is 16.5. The molecule has 2 aromatic carbocycles. The Morgan fingerprint density at radius 2 is 1.90 bits per heavy atom. The summed E-state index contributed by atoms with van der Waals surface area (Å²) in [4.78, 5) is 17.5. The van der Waals surface area contributed by atoms with Gasteiger partial charge in [-0.25, -0.2) is 13.2 Å². The summed E-state index contributed by atoms with van der Waals surface area (Å²) in [7, 11) is 1.83. The Kier molecular flexibility index (Phi) is 6.16. The van der Waals surface area contributed by atoms with Gasteiger partial charge in [0, 0.05) is 60.3 Å². The molecule has 2 bridgehead atoms. The molecule has 5 heterocycles. The minimum atomic E-state index is -0.933. The van der Waals surface area contributed by atoms with Crippen LogP contribution in [0.4, 0.5) is 19.0 Å². The summed E-state index contributed by atoms with van der Waals surface area (Å²) in [5, 5.41) is 14.6. The topological polar surface area (TPSA) is 86.6 Å². The number of fused-ring (bicyclic) bond motifs is 4. The molecule has 7 rings (SSSR count). The minimum absolute atomic E-state index is 0.0357. The number of nitrogens with one attached hydrogen (secondary N) is 1. The molecule has 40 heavy (non-hydrogen) atoms. The summed E-state index contributed by atoms with van der Waals surface area (Å²) in [6.45, 7) is 1.96. The Bertz CT molecular complexity index is 1600. The van der Waals surface area contributed by atoms with Gasteiger partial charge in [0.2, 0.25) is 0 Å². The number of ether oxygens (including phenoxy) is 1. The first-order chi connectivity index (χ1) is 19.4. The third-order valence-electron chi connectivity index (χ3n) is 8.47. The predicted molar refractivity (Wildman–Crippen MR) is 145 cm³/mol. The standard InChI is InChI=1S/C29H29F3N6O2/c1-37-13-16(30)8-19(37)14-40-29-35-27-22(28(36-29)38-17-4-5-18(38)12-33-11-17)10-23(31)24(25(27)32)21-9-20(39)7-15-3-2-6-34-26(15)21/h2-3,6-7,9-10,16-19,33,39H,4-5,8,11-14H2,1H3/t16-,17?,18?,19+/m1/s1. The molecule has 0 saturated carbocycles. The van der Waals surface area contributed by atoms with Gasteiger partial charge >= 0.3 is 6.01 Å². The smallest absolute Gasteiger partial charge is 0.319 e. The zero-order valence-corrected chi connectivity index (χ0v) is 21.9. The van der Waals surface area contributed by atoms with Crippen LogP contribution in [0.3, 0.4) is 0 Å². The number of rotatable bonds is 5. The molecular formula is C29H29F3N6O2. The van der Waals surface area contributed by atoms with Gasteiger partial charge in [-0.3, -0.25) is 9.88 Å². The maximum absolute atomic E-state index is 16.5. The Balaban J connectivity index is 1.40. The minimum Gasteiger partial charge on any atom is -0.508 e. The van der Waals surface area contributed by atoms with Crippen molar-refractivity contribution < 1.29 is 23.0 Å². The number of hydrogen-bond donors (Lipinski definition) is 2. The van der Waals surface area contributed by atoms with Crippen molar-refractivity contribution in [3.05, 3.63) is 48.2 Å². The third kappa shape index (κ3) is 4.19. The van der Waals surface area contributed by atoms with Crippen molar-refractivity contribution in [3.63, 3.8) is 0 Å². The number of pyridine rings is 1. The summed E-state index contributed by atoms with van der Waals surface area (Å²) in [6, 6.07) is 7.54. The van der Waals surface area contributed by atoms with Crippen molar-refractivity contribution in [2.24, 2.45) is 0 Å². The highest BCUT2D eigenvalue weighted by Gasteiger charge is 2.39. The van der Waals surface area contributed by atoms with Gasteiger partial charge in [0.05, 0.1) is 11.1 Å². The summed E-state index contributed by atoms with van der Waals surface area (Å²) < 4.78 is 52.3. The molecule has 2 unspecified atom stereocenters. The van der Waals surface area contributed by atoms with Crippen LogP contribution in [0.1, 0.15) is 19.3 Å². The van der Waals surface area contributed by atoms with E-state index in [-0.39, 0.29) is 58.5 Å². The zero-order valence-electron chi connectivity index (χ0n) is 21.9. The van der Waals surface area contributed by atoms with Crippen molar-refractivity contribution in [2.45, 2.75) is 43.6 Å². The Morgan fingerprint density at radius 1 is 1.10 bits per heavy atom. The van der Waals surface area contributed by atoms with E-state index < -0.39 is 17.8 Å². The Morgan fingerprint density at radius 3 is 2.65 bits per heavy atom. The molecular weight excluding hydrogens is 521 g/mol. The lowest BCUT2D eigenvalue weighted by atomic mass is 9.98. The maximum Gasteiger partial charge on any atom is 0.319 e. The van der Waals surface area contributed by atoms with Crippen LogP contribution in [0, 0.1) is 11.6 Å². The number of benzene rings is 2. The van der Waals surface area contributed by atoms with Crippen LogP contribution in [0.15, 0.2) is 36.5 Å². The lowest BCUT2D eigenvalue weighted by molar-refractivity contribution is 0.188. The first-order valence-electron chi connectivity index (χ1n) is 13.6. The van der Waals surface area contributed by atoms with E-state index in [4.69, 9.17) is 4.74 Å². The molecule has 0 radical (unpaired) electrons. The Labute approximate surface area is 228 Å². The highest BCUT2D eigenvalue weighted by molar-refractivity contribution is 6.00. The average molecular weight is 551 g/mol. The highest BCUT2D eigenvalue weighted by Crippen LogP contribution is 2.41. The number of halogens is 3. The number of likely N-dealkylation sites (tertiary alicyclic amines) is 1. The number of anilines is 1. The van der Waals surface area contributed by atoms with Crippen LogP contribution in [-0.2, 0) is 0 Å². The van der Waals surface area contributed by atoms with E-state index in [0.717, 1.165) is 25.9 Å². The molecule has 0 aliphatic carbocycles. The number of phenolic OH excluding ortho intramolecular Hbond substituents is 1. The lowest BCUT2D eigenvalue weighted by Gasteiger charge is -2.37.